The van der Waals surface area contributed by atoms with E-state index in [0.717, 1.165) is 11.1 Å². The Morgan fingerprint density at radius 2 is 1.72 bits per heavy atom. The van der Waals surface area contributed by atoms with Crippen LogP contribution in [0.1, 0.15) is 48.8 Å². The molecular weight excluding hydrogens is 585 g/mol. The predicted molar refractivity (Wildman–Crippen MR) is 152 cm³/mol. The van der Waals surface area contributed by atoms with Gasteiger partial charge in [-0.2, -0.15) is 13.2 Å². The molecule has 2 aliphatic heterocycles. The minimum Gasteiger partial charge on any atom is -0.392 e. The van der Waals surface area contributed by atoms with Crippen molar-refractivity contribution in [3.63, 3.8) is 0 Å². The summed E-state index contributed by atoms with van der Waals surface area (Å²) in [5.74, 6) is -2.15. The highest BCUT2D eigenvalue weighted by Gasteiger charge is 2.47. The van der Waals surface area contributed by atoms with Gasteiger partial charge in [-0.3, -0.25) is 9.59 Å². The number of thioether (sulfide) groups is 1. The van der Waals surface area contributed by atoms with Crippen molar-refractivity contribution in [3.8, 4) is 0 Å². The van der Waals surface area contributed by atoms with E-state index in [0.29, 0.717) is 33.5 Å². The first kappa shape index (κ1) is 30.9. The third kappa shape index (κ3) is 7.35. The van der Waals surface area contributed by atoms with Gasteiger partial charge in [-0.15, -0.1) is 0 Å². The van der Waals surface area contributed by atoms with Crippen LogP contribution >= 0.6 is 11.8 Å². The summed E-state index contributed by atoms with van der Waals surface area (Å²) < 4.78 is 51.8. The molecule has 0 spiro atoms. The number of rotatable bonds is 8. The van der Waals surface area contributed by atoms with E-state index in [9.17, 15) is 27.9 Å². The molecule has 3 aromatic rings. The maximum absolute atomic E-state index is 13.0. The molecule has 5 rings (SSSR count). The molecule has 0 aliphatic carbocycles. The van der Waals surface area contributed by atoms with Crippen molar-refractivity contribution >= 4 is 29.3 Å². The maximum Gasteiger partial charge on any atom is 0.471 e. The van der Waals surface area contributed by atoms with Gasteiger partial charge in [0, 0.05) is 41.9 Å². The normalized spacial score (nSPS) is 24.1. The molecule has 2 amide bonds. The SMILES string of the molecule is C[C@@H]1[C@H](CSc2ncccn2)O[C@H](c2ccc(NC(=O)[C@@H]3CCCN3C(=O)C(F)(F)F)cc2)O[C@@H]1c1ccc(CO)cc1. The number of amides is 2. The molecule has 2 aromatic carbocycles. The number of benzene rings is 2. The van der Waals surface area contributed by atoms with Crippen LogP contribution in [-0.4, -0.2) is 62.4 Å². The average Bonchev–Trinajstić information content (AvgIpc) is 3.51. The molecule has 1 aromatic heterocycles. The first-order valence-electron chi connectivity index (χ1n) is 13.8. The van der Waals surface area contributed by atoms with E-state index in [-0.39, 0.29) is 37.7 Å². The number of anilines is 1. The van der Waals surface area contributed by atoms with E-state index in [2.05, 4.69) is 15.3 Å². The number of halogens is 3. The molecular formula is C30H31F3N4O5S. The Bertz CT molecular complexity index is 1400. The fourth-order valence-electron chi connectivity index (χ4n) is 5.22. The van der Waals surface area contributed by atoms with Crippen LogP contribution in [0.15, 0.2) is 72.1 Å². The van der Waals surface area contributed by atoms with E-state index in [1.54, 1.807) is 42.7 Å². The molecule has 5 atom stereocenters. The standard InChI is InChI=1S/C30H31F3N4O5S/c1-18-24(17-43-29-34-13-3-14-35-29)41-27(42-25(18)20-7-5-19(16-38)6-8-20)21-9-11-22(12-10-21)36-26(39)23-4-2-15-37(23)28(40)30(31,32)33/h3,5-14,18,23-25,27,38H,2,4,15-17H2,1H3,(H,36,39)/t18-,23+,24+,25+,27+/m1/s1. The maximum atomic E-state index is 13.0. The monoisotopic (exact) mass is 616 g/mol. The highest BCUT2D eigenvalue weighted by Crippen LogP contribution is 2.43. The molecule has 2 fully saturated rings. The third-order valence-electron chi connectivity index (χ3n) is 7.55. The van der Waals surface area contributed by atoms with Gasteiger partial charge < -0.3 is 24.8 Å². The van der Waals surface area contributed by atoms with Crippen LogP contribution in [0, 0.1) is 5.92 Å². The molecule has 43 heavy (non-hydrogen) atoms. The number of hydrogen-bond donors (Lipinski definition) is 2. The number of ether oxygens (including phenoxy) is 2. The summed E-state index contributed by atoms with van der Waals surface area (Å²) in [4.78, 5) is 33.7. The van der Waals surface area contributed by atoms with Gasteiger partial charge >= 0.3 is 12.1 Å². The van der Waals surface area contributed by atoms with Crippen LogP contribution in [-0.2, 0) is 25.7 Å². The second kappa shape index (κ2) is 13.4. The van der Waals surface area contributed by atoms with Crippen LogP contribution < -0.4 is 5.32 Å². The topological polar surface area (TPSA) is 114 Å². The molecule has 0 radical (unpaired) electrons. The fraction of sp³-hybridized carbons (Fsp3) is 0.400. The van der Waals surface area contributed by atoms with Crippen LogP contribution in [0.3, 0.4) is 0 Å². The Morgan fingerprint density at radius 3 is 2.37 bits per heavy atom. The molecule has 2 saturated heterocycles. The zero-order valence-electron chi connectivity index (χ0n) is 23.2. The number of nitrogens with one attached hydrogen (secondary N) is 1. The molecule has 228 valence electrons. The van der Waals surface area contributed by atoms with Gasteiger partial charge in [0.1, 0.15) is 6.04 Å². The number of likely N-dealkylation sites (tertiary alicyclic amines) is 1. The van der Waals surface area contributed by atoms with Crippen LogP contribution in [0.25, 0.3) is 0 Å². The molecule has 2 aliphatic rings. The lowest BCUT2D eigenvalue weighted by Crippen LogP contribution is -2.48. The second-order valence-corrected chi connectivity index (χ2v) is 11.4. The summed E-state index contributed by atoms with van der Waals surface area (Å²) >= 11 is 1.47. The van der Waals surface area contributed by atoms with Gasteiger partial charge in [0.2, 0.25) is 5.91 Å². The summed E-state index contributed by atoms with van der Waals surface area (Å²) in [6.45, 7) is 1.86. The first-order valence-corrected chi connectivity index (χ1v) is 14.8. The summed E-state index contributed by atoms with van der Waals surface area (Å²) in [6.07, 6.45) is -2.53. The number of nitrogens with zero attached hydrogens (tertiary/aromatic N) is 3. The highest BCUT2D eigenvalue weighted by atomic mass is 32.2. The Morgan fingerprint density at radius 1 is 1.05 bits per heavy atom. The van der Waals surface area contributed by atoms with Crippen molar-refractivity contribution in [2.45, 2.75) is 62.2 Å². The summed E-state index contributed by atoms with van der Waals surface area (Å²) in [5.41, 5.74) is 2.77. The highest BCUT2D eigenvalue weighted by molar-refractivity contribution is 7.99. The van der Waals surface area contributed by atoms with E-state index >= 15 is 0 Å². The molecule has 0 unspecified atom stereocenters. The van der Waals surface area contributed by atoms with Crippen molar-refractivity contribution in [3.05, 3.63) is 83.7 Å². The molecule has 0 bridgehead atoms. The van der Waals surface area contributed by atoms with Gasteiger partial charge in [-0.05, 0) is 42.2 Å². The van der Waals surface area contributed by atoms with Crippen molar-refractivity contribution in [1.82, 2.24) is 14.9 Å². The molecule has 0 saturated carbocycles. The predicted octanol–water partition coefficient (Wildman–Crippen LogP) is 5.04. The van der Waals surface area contributed by atoms with Gasteiger partial charge in [0.25, 0.3) is 0 Å². The van der Waals surface area contributed by atoms with Crippen molar-refractivity contribution in [1.29, 1.82) is 0 Å². The lowest BCUT2D eigenvalue weighted by Gasteiger charge is -2.41. The van der Waals surface area contributed by atoms with E-state index in [1.165, 1.54) is 11.8 Å². The van der Waals surface area contributed by atoms with Crippen LogP contribution in [0.5, 0.6) is 0 Å². The second-order valence-electron chi connectivity index (χ2n) is 10.4. The summed E-state index contributed by atoms with van der Waals surface area (Å²) in [7, 11) is 0. The number of carbonyl (C=O) groups excluding carboxylic acids is 2. The lowest BCUT2D eigenvalue weighted by atomic mass is 9.91. The number of aliphatic hydroxyl groups is 1. The van der Waals surface area contributed by atoms with Crippen LogP contribution in [0.2, 0.25) is 0 Å². The first-order chi connectivity index (χ1) is 20.6. The summed E-state index contributed by atoms with van der Waals surface area (Å²) in [5, 5.41) is 12.7. The van der Waals surface area contributed by atoms with E-state index < -0.39 is 30.3 Å². The Kier molecular flexibility index (Phi) is 9.65. The number of carbonyl (C=O) groups is 2. The van der Waals surface area contributed by atoms with Gasteiger partial charge in [-0.1, -0.05) is 55.1 Å². The van der Waals surface area contributed by atoms with Crippen molar-refractivity contribution in [2.75, 3.05) is 17.6 Å². The Labute approximate surface area is 250 Å². The van der Waals surface area contributed by atoms with E-state index in [4.69, 9.17) is 9.47 Å². The number of aromatic nitrogens is 2. The van der Waals surface area contributed by atoms with E-state index in [1.807, 2.05) is 31.2 Å². The van der Waals surface area contributed by atoms with Gasteiger partial charge in [-0.25, -0.2) is 9.97 Å². The minimum absolute atomic E-state index is 0.0419. The molecule has 9 nitrogen and oxygen atoms in total. The molecule has 2 N–H and O–H groups in total. The Hall–Kier alpha value is -3.52. The lowest BCUT2D eigenvalue weighted by molar-refractivity contribution is -0.268. The number of aliphatic hydroxyl groups excluding tert-OH is 1. The van der Waals surface area contributed by atoms with Gasteiger partial charge in [0.05, 0.1) is 18.8 Å². The largest absolute Gasteiger partial charge is 0.471 e. The van der Waals surface area contributed by atoms with Crippen LogP contribution in [0.4, 0.5) is 18.9 Å². The fourth-order valence-corrected chi connectivity index (χ4v) is 6.19. The zero-order chi connectivity index (χ0) is 30.6. The quantitative estimate of drug-likeness (QED) is 0.267. The third-order valence-corrected chi connectivity index (χ3v) is 8.52. The number of hydrogen-bond acceptors (Lipinski definition) is 8. The van der Waals surface area contributed by atoms with Crippen molar-refractivity contribution < 1.29 is 37.3 Å². The smallest absolute Gasteiger partial charge is 0.392 e. The Balaban J connectivity index is 1.30. The summed E-state index contributed by atoms with van der Waals surface area (Å²) in [6, 6.07) is 14.8. The average molecular weight is 617 g/mol. The van der Waals surface area contributed by atoms with Gasteiger partial charge in [0.15, 0.2) is 11.4 Å². The number of alkyl halides is 3. The molecule has 13 heteroatoms. The molecule has 3 heterocycles. The minimum atomic E-state index is -5.04. The van der Waals surface area contributed by atoms with Crippen molar-refractivity contribution in [2.24, 2.45) is 5.92 Å². The zero-order valence-corrected chi connectivity index (χ0v) is 24.1.